The Morgan fingerprint density at radius 3 is 1.88 bits per heavy atom. The average molecular weight is 257 g/mol. The number of unbranched alkanes of at least 4 members (excludes halogenated alkanes) is 4. The van der Waals surface area contributed by atoms with Crippen LogP contribution >= 0.6 is 11.1 Å². The molecule has 0 saturated heterocycles. The molecule has 2 heteroatoms. The van der Waals surface area contributed by atoms with E-state index in [-0.39, 0.29) is 0 Å². The molecule has 0 aliphatic heterocycles. The minimum absolute atomic E-state index is 1.01. The number of rotatable bonds is 11. The molecule has 0 saturated carbocycles. The van der Waals surface area contributed by atoms with Gasteiger partial charge >= 0.3 is 0 Å². The molecule has 0 unspecified atom stereocenters. The van der Waals surface area contributed by atoms with E-state index in [0.717, 1.165) is 18.5 Å². The highest BCUT2D eigenvalue weighted by molar-refractivity contribution is 7.20. The van der Waals surface area contributed by atoms with Gasteiger partial charge in [-0.3, -0.25) is 0 Å². The van der Waals surface area contributed by atoms with Gasteiger partial charge in [-0.05, 0) is 31.0 Å². The van der Waals surface area contributed by atoms with E-state index >= 15 is 0 Å². The molecule has 0 aromatic rings. The summed E-state index contributed by atoms with van der Waals surface area (Å²) in [5, 5.41) is 0. The van der Waals surface area contributed by atoms with Crippen LogP contribution in [0.5, 0.6) is 0 Å². The lowest BCUT2D eigenvalue weighted by Crippen LogP contribution is -2.24. The van der Waals surface area contributed by atoms with Crippen molar-refractivity contribution < 1.29 is 0 Å². The van der Waals surface area contributed by atoms with Gasteiger partial charge in [-0.25, -0.2) is 0 Å². The Bertz CT molecular complexity index is 201. The molecular weight excluding hydrogens is 232 g/mol. The highest BCUT2D eigenvalue weighted by Crippen LogP contribution is 2.29. The molecule has 0 aromatic heterocycles. The quantitative estimate of drug-likeness (QED) is 0.193. The van der Waals surface area contributed by atoms with Crippen molar-refractivity contribution in [1.29, 1.82) is 0 Å². The Kier molecular flexibility index (Phi) is 9.75. The van der Waals surface area contributed by atoms with Gasteiger partial charge in [0.1, 0.15) is 0 Å². The number of hydrogen-bond acceptors (Lipinski definition) is 0. The van der Waals surface area contributed by atoms with Crippen LogP contribution in [-0.2, 0) is 0 Å². The molecule has 0 atom stereocenters. The normalized spacial score (nSPS) is 11.1. The van der Waals surface area contributed by atoms with Gasteiger partial charge in [-0.2, -0.15) is 11.1 Å². The Morgan fingerprint density at radius 1 is 0.812 bits per heavy atom. The lowest BCUT2D eigenvalue weighted by Gasteiger charge is -2.21. The largest absolute Gasteiger partial charge is 0.166 e. The van der Waals surface area contributed by atoms with Crippen LogP contribution in [-0.4, -0.2) is 7.38 Å². The van der Waals surface area contributed by atoms with Crippen LogP contribution in [0.15, 0.2) is 38.0 Å². The second kappa shape index (κ2) is 9.92. The summed E-state index contributed by atoms with van der Waals surface area (Å²) in [6.07, 6.45) is 12.2. The molecule has 0 spiro atoms. The fourth-order valence-corrected chi connectivity index (χ4v) is 5.44. The second-order valence-corrected chi connectivity index (χ2v) is 10.4. The summed E-state index contributed by atoms with van der Waals surface area (Å²) in [4.78, 5) is 0. The van der Waals surface area contributed by atoms with E-state index in [4.69, 9.17) is 11.1 Å². The third-order valence-corrected chi connectivity index (χ3v) is 7.59. The van der Waals surface area contributed by atoms with Crippen LogP contribution in [0.25, 0.3) is 0 Å². The molecule has 0 bridgehead atoms. The molecule has 92 valence electrons. The number of hydrogen-bond donors (Lipinski definition) is 0. The topological polar surface area (TPSA) is 0 Å². The Balaban J connectivity index is 3.71. The highest BCUT2D eigenvalue weighted by atomic mass is 35.6. The molecule has 0 aliphatic carbocycles. The van der Waals surface area contributed by atoms with Gasteiger partial charge in [-0.15, -0.1) is 19.7 Å². The predicted molar refractivity (Wildman–Crippen MR) is 79.7 cm³/mol. The SMILES string of the molecule is C=CCCCCCC[Si](Cl)(CC=C)CC=C. The summed E-state index contributed by atoms with van der Waals surface area (Å²) in [6.45, 7) is 11.3. The maximum Gasteiger partial charge on any atom is 0.163 e. The van der Waals surface area contributed by atoms with Gasteiger partial charge in [0.15, 0.2) is 7.38 Å². The van der Waals surface area contributed by atoms with Gasteiger partial charge in [-0.1, -0.05) is 37.5 Å². The number of halogens is 1. The summed E-state index contributed by atoms with van der Waals surface area (Å²) in [5.41, 5.74) is 0. The van der Waals surface area contributed by atoms with Gasteiger partial charge < -0.3 is 0 Å². The Hall–Kier alpha value is -0.273. The molecule has 0 rings (SSSR count). The van der Waals surface area contributed by atoms with Crippen LogP contribution in [0.3, 0.4) is 0 Å². The van der Waals surface area contributed by atoms with Crippen molar-refractivity contribution in [1.82, 2.24) is 0 Å². The van der Waals surface area contributed by atoms with Crippen LogP contribution in [0.4, 0.5) is 0 Å². The maximum absolute atomic E-state index is 6.66. The Labute approximate surface area is 107 Å². The van der Waals surface area contributed by atoms with Crippen LogP contribution in [0.2, 0.25) is 18.1 Å². The van der Waals surface area contributed by atoms with Crippen LogP contribution < -0.4 is 0 Å². The minimum Gasteiger partial charge on any atom is -0.166 e. The van der Waals surface area contributed by atoms with Crippen LogP contribution in [0, 0.1) is 0 Å². The summed E-state index contributed by atoms with van der Waals surface area (Å²) in [7, 11) is -1.60. The molecule has 0 N–H and O–H groups in total. The monoisotopic (exact) mass is 256 g/mol. The van der Waals surface area contributed by atoms with Gasteiger partial charge in [0.25, 0.3) is 0 Å². The standard InChI is InChI=1S/C14H25ClSi/c1-4-7-8-9-10-11-14-16(15,12-5-2)13-6-3/h4-6H,1-3,7-14H2. The first kappa shape index (κ1) is 15.7. The van der Waals surface area contributed by atoms with E-state index in [1.807, 2.05) is 18.2 Å². The van der Waals surface area contributed by atoms with Crippen molar-refractivity contribution in [3.8, 4) is 0 Å². The Morgan fingerprint density at radius 2 is 1.38 bits per heavy atom. The van der Waals surface area contributed by atoms with Gasteiger partial charge in [0.05, 0.1) is 0 Å². The molecule has 0 amide bonds. The van der Waals surface area contributed by atoms with Crippen LogP contribution in [0.1, 0.15) is 32.1 Å². The smallest absolute Gasteiger partial charge is 0.163 e. The first-order chi connectivity index (χ1) is 7.68. The van der Waals surface area contributed by atoms with E-state index < -0.39 is 7.38 Å². The number of allylic oxidation sites excluding steroid dienone is 3. The van der Waals surface area contributed by atoms with E-state index in [1.165, 1.54) is 31.7 Å². The zero-order valence-corrected chi connectivity index (χ0v) is 12.1. The van der Waals surface area contributed by atoms with E-state index in [9.17, 15) is 0 Å². The van der Waals surface area contributed by atoms with Gasteiger partial charge in [0, 0.05) is 0 Å². The summed E-state index contributed by atoms with van der Waals surface area (Å²) in [6, 6.07) is 3.21. The fraction of sp³-hybridized carbons (Fsp3) is 0.571. The van der Waals surface area contributed by atoms with E-state index in [2.05, 4.69) is 19.7 Å². The minimum atomic E-state index is -1.60. The second-order valence-electron chi connectivity index (χ2n) is 4.38. The van der Waals surface area contributed by atoms with Gasteiger partial charge in [0.2, 0.25) is 0 Å². The summed E-state index contributed by atoms with van der Waals surface area (Å²) < 4.78 is 0. The molecular formula is C14H25ClSi. The van der Waals surface area contributed by atoms with E-state index in [1.54, 1.807) is 0 Å². The molecule has 0 aliphatic rings. The summed E-state index contributed by atoms with van der Waals surface area (Å²) >= 11 is 6.66. The van der Waals surface area contributed by atoms with Crippen molar-refractivity contribution >= 4 is 18.5 Å². The van der Waals surface area contributed by atoms with E-state index in [0.29, 0.717) is 0 Å². The third kappa shape index (κ3) is 7.95. The molecule has 0 aromatic carbocycles. The lowest BCUT2D eigenvalue weighted by atomic mass is 10.1. The maximum atomic E-state index is 6.66. The molecule has 0 fully saturated rings. The highest BCUT2D eigenvalue weighted by Gasteiger charge is 2.26. The van der Waals surface area contributed by atoms with Crippen molar-refractivity contribution in [3.63, 3.8) is 0 Å². The van der Waals surface area contributed by atoms with Crippen molar-refractivity contribution in [3.05, 3.63) is 38.0 Å². The molecule has 0 heterocycles. The van der Waals surface area contributed by atoms with Crippen molar-refractivity contribution in [2.45, 2.75) is 50.2 Å². The first-order valence-corrected chi connectivity index (χ1v) is 9.83. The molecule has 0 nitrogen and oxygen atoms in total. The fourth-order valence-electron chi connectivity index (χ4n) is 1.89. The zero-order chi connectivity index (χ0) is 12.3. The average Bonchev–Trinajstić information content (AvgIpc) is 2.24. The summed E-state index contributed by atoms with van der Waals surface area (Å²) in [5.74, 6) is 0. The molecule has 0 radical (unpaired) electrons. The first-order valence-electron chi connectivity index (χ1n) is 6.20. The predicted octanol–water partition coefficient (Wildman–Crippen LogP) is 5.68. The zero-order valence-electron chi connectivity index (χ0n) is 10.4. The van der Waals surface area contributed by atoms with Crippen molar-refractivity contribution in [2.24, 2.45) is 0 Å². The molecule has 16 heavy (non-hydrogen) atoms. The third-order valence-electron chi connectivity index (χ3n) is 2.80. The van der Waals surface area contributed by atoms with Crippen molar-refractivity contribution in [2.75, 3.05) is 0 Å². The lowest BCUT2D eigenvalue weighted by molar-refractivity contribution is 0.671.